The van der Waals surface area contributed by atoms with Gasteiger partial charge in [-0.05, 0) is 31.4 Å². The first-order valence-electron chi connectivity index (χ1n) is 8.00. The Morgan fingerprint density at radius 1 is 1.22 bits per heavy atom. The normalized spacial score (nSPS) is 23.4. The van der Waals surface area contributed by atoms with Gasteiger partial charge in [-0.2, -0.15) is 13.2 Å². The lowest BCUT2D eigenvalue weighted by Crippen LogP contribution is -2.38. The molecule has 1 aromatic heterocycles. The average Bonchev–Trinajstić information content (AvgIpc) is 3.06. The van der Waals surface area contributed by atoms with Crippen LogP contribution >= 0.6 is 0 Å². The lowest BCUT2D eigenvalue weighted by molar-refractivity contribution is -0.137. The van der Waals surface area contributed by atoms with Crippen LogP contribution in [0.15, 0.2) is 18.3 Å². The number of pyridine rings is 1. The summed E-state index contributed by atoms with van der Waals surface area (Å²) in [7, 11) is 0. The minimum atomic E-state index is -4.34. The second-order valence-corrected chi connectivity index (χ2v) is 6.15. The number of alkyl halides is 3. The van der Waals surface area contributed by atoms with E-state index in [1.165, 1.54) is 6.07 Å². The van der Waals surface area contributed by atoms with Crippen molar-refractivity contribution < 1.29 is 22.6 Å². The van der Waals surface area contributed by atoms with Crippen LogP contribution in [-0.4, -0.2) is 44.0 Å². The number of halogens is 3. The molecule has 3 rings (SSSR count). The molecule has 0 spiro atoms. The van der Waals surface area contributed by atoms with Gasteiger partial charge in [0.05, 0.1) is 24.9 Å². The Morgan fingerprint density at radius 3 is 2.57 bits per heavy atom. The summed E-state index contributed by atoms with van der Waals surface area (Å²) >= 11 is 0. The van der Waals surface area contributed by atoms with E-state index < -0.39 is 11.7 Å². The topological polar surface area (TPSA) is 34.6 Å². The maximum atomic E-state index is 12.5. The minimum absolute atomic E-state index is 0.223. The van der Waals surface area contributed by atoms with Crippen molar-refractivity contribution in [2.45, 2.75) is 31.5 Å². The fourth-order valence-corrected chi connectivity index (χ4v) is 2.98. The lowest BCUT2D eigenvalue weighted by atomic mass is 10.1. The molecular formula is C16H21F3N2O2. The minimum Gasteiger partial charge on any atom is -0.381 e. The van der Waals surface area contributed by atoms with Gasteiger partial charge in [-0.15, -0.1) is 0 Å². The molecule has 0 N–H and O–H groups in total. The Bertz CT molecular complexity index is 493. The molecule has 0 amide bonds. The van der Waals surface area contributed by atoms with Crippen LogP contribution in [0.3, 0.4) is 0 Å². The van der Waals surface area contributed by atoms with Crippen LogP contribution in [0.2, 0.25) is 0 Å². The van der Waals surface area contributed by atoms with Gasteiger partial charge in [0.25, 0.3) is 0 Å². The van der Waals surface area contributed by atoms with Crippen molar-refractivity contribution in [2.24, 2.45) is 5.92 Å². The Hall–Kier alpha value is -1.34. The summed E-state index contributed by atoms with van der Waals surface area (Å²) in [5.41, 5.74) is -0.710. The highest BCUT2D eigenvalue weighted by Crippen LogP contribution is 2.30. The van der Waals surface area contributed by atoms with Crippen LogP contribution in [0.5, 0.6) is 0 Å². The number of hydrogen-bond acceptors (Lipinski definition) is 4. The molecule has 0 radical (unpaired) electrons. The summed E-state index contributed by atoms with van der Waals surface area (Å²) in [5, 5.41) is 0. The molecular weight excluding hydrogens is 309 g/mol. The summed E-state index contributed by atoms with van der Waals surface area (Å²) in [6.45, 7) is 3.86. The van der Waals surface area contributed by atoms with Crippen LogP contribution in [0.4, 0.5) is 19.0 Å². The molecule has 23 heavy (non-hydrogen) atoms. The highest BCUT2D eigenvalue weighted by molar-refractivity contribution is 5.40. The van der Waals surface area contributed by atoms with Crippen molar-refractivity contribution in [3.63, 3.8) is 0 Å². The number of ether oxygens (including phenoxy) is 2. The van der Waals surface area contributed by atoms with Gasteiger partial charge in [-0.25, -0.2) is 4.98 Å². The van der Waals surface area contributed by atoms with Gasteiger partial charge in [0.15, 0.2) is 0 Å². The van der Waals surface area contributed by atoms with Crippen LogP contribution in [0, 0.1) is 5.92 Å². The molecule has 1 aromatic rings. The van der Waals surface area contributed by atoms with Gasteiger partial charge in [0, 0.05) is 31.8 Å². The molecule has 128 valence electrons. The zero-order valence-corrected chi connectivity index (χ0v) is 12.9. The molecule has 3 heterocycles. The third-order valence-corrected chi connectivity index (χ3v) is 4.43. The van der Waals surface area contributed by atoms with Crippen LogP contribution in [0.1, 0.15) is 24.8 Å². The van der Waals surface area contributed by atoms with Crippen LogP contribution in [-0.2, 0) is 15.7 Å². The third kappa shape index (κ3) is 4.35. The van der Waals surface area contributed by atoms with Crippen molar-refractivity contribution in [1.82, 2.24) is 4.98 Å². The zero-order chi connectivity index (χ0) is 16.3. The highest BCUT2D eigenvalue weighted by Gasteiger charge is 2.31. The summed E-state index contributed by atoms with van der Waals surface area (Å²) in [6, 6.07) is 2.53. The predicted octanol–water partition coefficient (Wildman–Crippen LogP) is 3.12. The number of aromatic nitrogens is 1. The fourth-order valence-electron chi connectivity index (χ4n) is 2.98. The molecule has 7 heteroatoms. The summed E-state index contributed by atoms with van der Waals surface area (Å²) in [5.74, 6) is 1.10. The summed E-state index contributed by atoms with van der Waals surface area (Å²) in [4.78, 5) is 5.96. The Balaban J connectivity index is 1.46. The van der Waals surface area contributed by atoms with Gasteiger partial charge in [0.2, 0.25) is 0 Å². The standard InChI is InChI=1S/C16H21F3N2O2/c17-16(18,19)13-1-2-15(20-9-13)21-6-3-14(4-7-21)23-11-12-5-8-22-10-12/h1-2,9,12,14H,3-8,10-11H2. The van der Waals surface area contributed by atoms with Gasteiger partial charge < -0.3 is 14.4 Å². The number of anilines is 1. The molecule has 0 bridgehead atoms. The van der Waals surface area contributed by atoms with Gasteiger partial charge in [-0.1, -0.05) is 0 Å². The first-order chi connectivity index (χ1) is 11.0. The first-order valence-corrected chi connectivity index (χ1v) is 8.00. The zero-order valence-electron chi connectivity index (χ0n) is 12.9. The van der Waals surface area contributed by atoms with E-state index in [2.05, 4.69) is 4.98 Å². The van der Waals surface area contributed by atoms with E-state index in [4.69, 9.17) is 9.47 Å². The fraction of sp³-hybridized carbons (Fsp3) is 0.688. The average molecular weight is 330 g/mol. The summed E-state index contributed by atoms with van der Waals surface area (Å²) < 4.78 is 48.9. The Labute approximate surface area is 133 Å². The maximum Gasteiger partial charge on any atom is 0.417 e. The molecule has 1 atom stereocenters. The van der Waals surface area contributed by atoms with E-state index >= 15 is 0 Å². The molecule has 2 fully saturated rings. The Morgan fingerprint density at radius 2 is 2.00 bits per heavy atom. The predicted molar refractivity (Wildman–Crippen MR) is 79.4 cm³/mol. The second-order valence-electron chi connectivity index (χ2n) is 6.15. The van der Waals surface area contributed by atoms with Gasteiger partial charge in [0.1, 0.15) is 5.82 Å². The quantitative estimate of drug-likeness (QED) is 0.850. The van der Waals surface area contributed by atoms with Crippen LogP contribution in [0.25, 0.3) is 0 Å². The van der Waals surface area contributed by atoms with Crippen LogP contribution < -0.4 is 4.90 Å². The molecule has 0 aromatic carbocycles. The first kappa shape index (κ1) is 16.5. The number of rotatable bonds is 4. The molecule has 1 unspecified atom stereocenters. The number of hydrogen-bond donors (Lipinski definition) is 0. The smallest absolute Gasteiger partial charge is 0.381 e. The van der Waals surface area contributed by atoms with Crippen molar-refractivity contribution in [1.29, 1.82) is 0 Å². The van der Waals surface area contributed by atoms with E-state index in [0.29, 0.717) is 11.7 Å². The van der Waals surface area contributed by atoms with Crippen molar-refractivity contribution >= 4 is 5.82 Å². The summed E-state index contributed by atoms with van der Waals surface area (Å²) in [6.07, 6.45) is -0.406. The molecule has 0 saturated carbocycles. The van der Waals surface area contributed by atoms with E-state index in [1.807, 2.05) is 4.90 Å². The monoisotopic (exact) mass is 330 g/mol. The SMILES string of the molecule is FC(F)(F)c1ccc(N2CCC(OCC3CCOC3)CC2)nc1. The molecule has 2 saturated heterocycles. The lowest BCUT2D eigenvalue weighted by Gasteiger charge is -2.33. The Kier molecular flexibility index (Phi) is 5.06. The third-order valence-electron chi connectivity index (χ3n) is 4.43. The van der Waals surface area contributed by atoms with Gasteiger partial charge in [-0.3, -0.25) is 0 Å². The molecule has 2 aliphatic heterocycles. The van der Waals surface area contributed by atoms with E-state index in [-0.39, 0.29) is 6.10 Å². The largest absolute Gasteiger partial charge is 0.417 e. The molecule has 0 aliphatic carbocycles. The van der Waals surface area contributed by atoms with Crippen molar-refractivity contribution in [2.75, 3.05) is 37.8 Å². The molecule has 2 aliphatic rings. The van der Waals surface area contributed by atoms with Gasteiger partial charge >= 0.3 is 6.18 Å². The highest BCUT2D eigenvalue weighted by atomic mass is 19.4. The van der Waals surface area contributed by atoms with E-state index in [1.54, 1.807) is 0 Å². The molecule has 4 nitrogen and oxygen atoms in total. The van der Waals surface area contributed by atoms with E-state index in [0.717, 1.165) is 64.4 Å². The van der Waals surface area contributed by atoms with E-state index in [9.17, 15) is 13.2 Å². The second kappa shape index (κ2) is 7.05. The number of nitrogens with zero attached hydrogens (tertiary/aromatic N) is 2. The van der Waals surface area contributed by atoms with Crippen molar-refractivity contribution in [3.8, 4) is 0 Å². The number of piperidine rings is 1. The maximum absolute atomic E-state index is 12.5. The van der Waals surface area contributed by atoms with Crippen molar-refractivity contribution in [3.05, 3.63) is 23.9 Å².